The fourth-order valence-corrected chi connectivity index (χ4v) is 0.496. The number of aryl methyl sites for hydroxylation is 1. The van der Waals surface area contributed by atoms with Gasteiger partial charge in [0.05, 0.1) is 12.7 Å². The summed E-state index contributed by atoms with van der Waals surface area (Å²) in [6.07, 6.45) is 1.65. The van der Waals surface area contributed by atoms with Gasteiger partial charge < -0.3 is 10.2 Å². The van der Waals surface area contributed by atoms with E-state index in [0.717, 1.165) is 5.76 Å². The lowest BCUT2D eigenvalue weighted by atomic mass is 10.6. The third-order valence-corrected chi connectivity index (χ3v) is 0.844. The Kier molecular flexibility index (Phi) is 4.58. The van der Waals surface area contributed by atoms with Crippen molar-refractivity contribution in [3.8, 4) is 0 Å². The molecule has 0 radical (unpaired) electrons. The molecular formula is C7H14N2O. The molecule has 0 fully saturated rings. The molecule has 1 aromatic rings. The van der Waals surface area contributed by atoms with E-state index >= 15 is 0 Å². The van der Waals surface area contributed by atoms with Crippen molar-refractivity contribution in [1.29, 1.82) is 0 Å². The minimum atomic E-state index is 0.383. The van der Waals surface area contributed by atoms with Crippen molar-refractivity contribution < 1.29 is 4.42 Å². The van der Waals surface area contributed by atoms with Gasteiger partial charge in [-0.15, -0.1) is 0 Å². The molecule has 10 heavy (non-hydrogen) atoms. The Morgan fingerprint density at radius 2 is 2.20 bits per heavy atom. The van der Waals surface area contributed by atoms with Crippen LogP contribution in [-0.2, 0) is 6.54 Å². The zero-order chi connectivity index (χ0) is 7.98. The zero-order valence-electron chi connectivity index (χ0n) is 6.72. The number of rotatable bonds is 1. The molecule has 0 amide bonds. The molecule has 0 unspecified atom stereocenters. The van der Waals surface area contributed by atoms with Crippen molar-refractivity contribution in [2.24, 2.45) is 5.73 Å². The molecule has 0 spiro atoms. The molecule has 0 saturated carbocycles. The fourth-order valence-electron chi connectivity index (χ4n) is 0.496. The van der Waals surface area contributed by atoms with Crippen LogP contribution < -0.4 is 5.73 Å². The van der Waals surface area contributed by atoms with Gasteiger partial charge in [-0.25, -0.2) is 4.98 Å². The molecule has 0 bridgehead atoms. The average molecular weight is 142 g/mol. The van der Waals surface area contributed by atoms with Crippen molar-refractivity contribution in [2.75, 3.05) is 0 Å². The summed E-state index contributed by atoms with van der Waals surface area (Å²) in [5, 5.41) is 0. The van der Waals surface area contributed by atoms with Crippen LogP contribution >= 0.6 is 0 Å². The lowest BCUT2D eigenvalue weighted by molar-refractivity contribution is 0.473. The Morgan fingerprint density at radius 3 is 2.40 bits per heavy atom. The summed E-state index contributed by atoms with van der Waals surface area (Å²) in [6.45, 7) is 6.22. The molecule has 0 aliphatic heterocycles. The number of hydrogen-bond donors (Lipinski definition) is 1. The minimum Gasteiger partial charge on any atom is -0.445 e. The van der Waals surface area contributed by atoms with Crippen LogP contribution in [0.5, 0.6) is 0 Å². The predicted octanol–water partition coefficient (Wildman–Crippen LogP) is 1.47. The first-order valence-corrected chi connectivity index (χ1v) is 3.44. The maximum atomic E-state index is 5.21. The average Bonchev–Trinajstić information content (AvgIpc) is 2.40. The lowest BCUT2D eigenvalue weighted by Gasteiger charge is -1.81. The van der Waals surface area contributed by atoms with Crippen LogP contribution in [0, 0.1) is 6.92 Å². The first-order valence-electron chi connectivity index (χ1n) is 3.44. The highest BCUT2D eigenvalue weighted by atomic mass is 16.4. The molecule has 1 aromatic heterocycles. The van der Waals surface area contributed by atoms with E-state index in [9.17, 15) is 0 Å². The summed E-state index contributed by atoms with van der Waals surface area (Å²) < 4.78 is 5.00. The Balaban J connectivity index is 0.000000371. The smallest absolute Gasteiger partial charge is 0.208 e. The maximum absolute atomic E-state index is 5.21. The molecule has 0 aliphatic rings. The van der Waals surface area contributed by atoms with Gasteiger partial charge in [-0.1, -0.05) is 13.8 Å². The maximum Gasteiger partial charge on any atom is 0.208 e. The Hall–Kier alpha value is -0.830. The molecule has 2 N–H and O–H groups in total. The van der Waals surface area contributed by atoms with Crippen molar-refractivity contribution in [3.05, 3.63) is 17.8 Å². The Morgan fingerprint density at radius 1 is 1.60 bits per heavy atom. The van der Waals surface area contributed by atoms with Gasteiger partial charge >= 0.3 is 0 Å². The molecular weight excluding hydrogens is 128 g/mol. The van der Waals surface area contributed by atoms with Gasteiger partial charge in [0, 0.05) is 0 Å². The van der Waals surface area contributed by atoms with Gasteiger partial charge in [0.2, 0.25) is 5.89 Å². The number of aromatic nitrogens is 1. The molecule has 0 atom stereocenters. The third kappa shape index (κ3) is 2.64. The van der Waals surface area contributed by atoms with Crippen molar-refractivity contribution in [2.45, 2.75) is 27.3 Å². The second kappa shape index (κ2) is 4.99. The molecule has 0 saturated heterocycles. The van der Waals surface area contributed by atoms with Crippen molar-refractivity contribution in [1.82, 2.24) is 4.98 Å². The van der Waals surface area contributed by atoms with Gasteiger partial charge in [0.1, 0.15) is 5.76 Å². The van der Waals surface area contributed by atoms with E-state index in [0.29, 0.717) is 12.4 Å². The Labute approximate surface area is 61.3 Å². The molecule has 3 heteroatoms. The zero-order valence-corrected chi connectivity index (χ0v) is 6.72. The molecule has 0 aromatic carbocycles. The van der Waals surface area contributed by atoms with E-state index < -0.39 is 0 Å². The highest BCUT2D eigenvalue weighted by Crippen LogP contribution is 1.98. The molecule has 1 heterocycles. The molecule has 1 rings (SSSR count). The van der Waals surface area contributed by atoms with E-state index in [2.05, 4.69) is 4.98 Å². The van der Waals surface area contributed by atoms with E-state index in [1.807, 2.05) is 20.8 Å². The van der Waals surface area contributed by atoms with Crippen LogP contribution in [0.25, 0.3) is 0 Å². The summed E-state index contributed by atoms with van der Waals surface area (Å²) in [7, 11) is 0. The van der Waals surface area contributed by atoms with E-state index in [4.69, 9.17) is 10.2 Å². The highest BCUT2D eigenvalue weighted by molar-refractivity contribution is 4.89. The standard InChI is InChI=1S/C5H8N2O.C2H6/c1-4-3-7-5(2-6)8-4;1-2/h3H,2,6H2,1H3;1-2H3. The topological polar surface area (TPSA) is 52.0 Å². The largest absolute Gasteiger partial charge is 0.445 e. The summed E-state index contributed by atoms with van der Waals surface area (Å²) >= 11 is 0. The van der Waals surface area contributed by atoms with Crippen LogP contribution in [0.2, 0.25) is 0 Å². The molecule has 3 nitrogen and oxygen atoms in total. The van der Waals surface area contributed by atoms with Crippen LogP contribution in [-0.4, -0.2) is 4.98 Å². The molecule has 0 aliphatic carbocycles. The SMILES string of the molecule is CC.Cc1cnc(CN)o1. The normalized spacial score (nSPS) is 8.40. The second-order valence-electron chi connectivity index (χ2n) is 1.57. The first-order chi connectivity index (χ1) is 4.83. The minimum absolute atomic E-state index is 0.383. The van der Waals surface area contributed by atoms with Gasteiger partial charge in [0.15, 0.2) is 0 Å². The molecule has 58 valence electrons. The van der Waals surface area contributed by atoms with Crippen molar-refractivity contribution >= 4 is 0 Å². The van der Waals surface area contributed by atoms with Crippen LogP contribution in [0.15, 0.2) is 10.6 Å². The predicted molar refractivity (Wildman–Crippen MR) is 40.5 cm³/mol. The summed E-state index contributed by atoms with van der Waals surface area (Å²) in [5.41, 5.74) is 5.21. The van der Waals surface area contributed by atoms with Gasteiger partial charge in [-0.05, 0) is 6.92 Å². The third-order valence-electron chi connectivity index (χ3n) is 0.844. The quantitative estimate of drug-likeness (QED) is 0.646. The first kappa shape index (κ1) is 9.17. The number of nitrogens with two attached hydrogens (primary N) is 1. The summed E-state index contributed by atoms with van der Waals surface area (Å²) in [4.78, 5) is 3.84. The van der Waals surface area contributed by atoms with Crippen molar-refractivity contribution in [3.63, 3.8) is 0 Å². The summed E-state index contributed by atoms with van der Waals surface area (Å²) in [5.74, 6) is 1.41. The fraction of sp³-hybridized carbons (Fsp3) is 0.571. The lowest BCUT2D eigenvalue weighted by Crippen LogP contribution is -1.94. The van der Waals surface area contributed by atoms with Gasteiger partial charge in [-0.3, -0.25) is 0 Å². The van der Waals surface area contributed by atoms with E-state index in [-0.39, 0.29) is 0 Å². The van der Waals surface area contributed by atoms with Crippen LogP contribution in [0.4, 0.5) is 0 Å². The van der Waals surface area contributed by atoms with Crippen LogP contribution in [0.1, 0.15) is 25.5 Å². The number of hydrogen-bond acceptors (Lipinski definition) is 3. The van der Waals surface area contributed by atoms with E-state index in [1.165, 1.54) is 0 Å². The van der Waals surface area contributed by atoms with Gasteiger partial charge in [-0.2, -0.15) is 0 Å². The van der Waals surface area contributed by atoms with Gasteiger partial charge in [0.25, 0.3) is 0 Å². The number of nitrogens with zero attached hydrogens (tertiary/aromatic N) is 1. The number of oxazole rings is 1. The van der Waals surface area contributed by atoms with Crippen LogP contribution in [0.3, 0.4) is 0 Å². The highest BCUT2D eigenvalue weighted by Gasteiger charge is 1.93. The second-order valence-corrected chi connectivity index (χ2v) is 1.57. The summed E-state index contributed by atoms with van der Waals surface area (Å²) in [6, 6.07) is 0. The van der Waals surface area contributed by atoms with E-state index in [1.54, 1.807) is 6.20 Å². The monoisotopic (exact) mass is 142 g/mol. The Bertz CT molecular complexity index is 172.